The van der Waals surface area contributed by atoms with Crippen molar-refractivity contribution in [3.8, 4) is 0 Å². The highest BCUT2D eigenvalue weighted by atomic mass is 16.2. The number of carbonyl (C=O) groups is 2. The Hall–Kier alpha value is -2.11. The number of rotatable bonds is 2. The molecule has 96 valence electrons. The van der Waals surface area contributed by atoms with E-state index in [0.29, 0.717) is 24.5 Å². The molecular formula is C12H16N4O2. The number of pyridine rings is 1. The van der Waals surface area contributed by atoms with Crippen molar-refractivity contribution in [2.75, 3.05) is 39.0 Å². The maximum Gasteiger partial charge on any atom is 0.255 e. The lowest BCUT2D eigenvalue weighted by Crippen LogP contribution is -2.50. The van der Waals surface area contributed by atoms with Crippen LogP contribution in [0.25, 0.3) is 0 Å². The number of aromatic nitrogens is 1. The summed E-state index contributed by atoms with van der Waals surface area (Å²) in [5.41, 5.74) is 0.506. The Bertz CT molecular complexity index is 458. The molecule has 0 aromatic carbocycles. The number of hydrogen-bond acceptors (Lipinski definition) is 4. The van der Waals surface area contributed by atoms with Crippen LogP contribution in [0.5, 0.6) is 0 Å². The minimum Gasteiger partial charge on any atom is -0.373 e. The van der Waals surface area contributed by atoms with Crippen LogP contribution in [-0.4, -0.2) is 60.3 Å². The van der Waals surface area contributed by atoms with E-state index in [9.17, 15) is 9.59 Å². The second kappa shape index (κ2) is 5.03. The molecule has 6 nitrogen and oxygen atoms in total. The van der Waals surface area contributed by atoms with Gasteiger partial charge >= 0.3 is 0 Å². The lowest BCUT2D eigenvalue weighted by molar-refractivity contribution is -0.133. The molecule has 2 rings (SSSR count). The quantitative estimate of drug-likeness (QED) is 0.802. The summed E-state index contributed by atoms with van der Waals surface area (Å²) in [6, 6.07) is 3.45. The van der Waals surface area contributed by atoms with Gasteiger partial charge in [0, 0.05) is 33.4 Å². The van der Waals surface area contributed by atoms with Gasteiger partial charge in [-0.3, -0.25) is 9.59 Å². The normalized spacial score (nSPS) is 15.8. The Morgan fingerprint density at radius 2 is 2.17 bits per heavy atom. The summed E-state index contributed by atoms with van der Waals surface area (Å²) in [6.45, 7) is 1.28. The number of likely N-dealkylation sites (N-methyl/N-ethyl adjacent to an activating group) is 1. The van der Waals surface area contributed by atoms with Crippen LogP contribution in [0.4, 0.5) is 5.82 Å². The molecule has 1 N–H and O–H groups in total. The Balaban J connectivity index is 2.08. The van der Waals surface area contributed by atoms with Gasteiger partial charge in [0.15, 0.2) is 0 Å². The van der Waals surface area contributed by atoms with Gasteiger partial charge in [-0.15, -0.1) is 0 Å². The third kappa shape index (κ3) is 2.42. The number of anilines is 1. The van der Waals surface area contributed by atoms with E-state index >= 15 is 0 Å². The molecule has 18 heavy (non-hydrogen) atoms. The van der Waals surface area contributed by atoms with Crippen molar-refractivity contribution in [1.82, 2.24) is 14.8 Å². The lowest BCUT2D eigenvalue weighted by atomic mass is 10.2. The largest absolute Gasteiger partial charge is 0.373 e. The van der Waals surface area contributed by atoms with Gasteiger partial charge in [-0.25, -0.2) is 4.98 Å². The summed E-state index contributed by atoms with van der Waals surface area (Å²) < 4.78 is 0. The fourth-order valence-electron chi connectivity index (χ4n) is 1.78. The third-order valence-electron chi connectivity index (χ3n) is 3.01. The van der Waals surface area contributed by atoms with Gasteiger partial charge in [0.25, 0.3) is 5.91 Å². The highest BCUT2D eigenvalue weighted by Crippen LogP contribution is 2.10. The number of nitrogens with zero attached hydrogens (tertiary/aromatic N) is 3. The van der Waals surface area contributed by atoms with Gasteiger partial charge in [0.1, 0.15) is 12.4 Å². The first kappa shape index (κ1) is 12.3. The molecule has 2 amide bonds. The van der Waals surface area contributed by atoms with E-state index in [0.717, 1.165) is 0 Å². The zero-order valence-electron chi connectivity index (χ0n) is 10.5. The van der Waals surface area contributed by atoms with Gasteiger partial charge in [-0.2, -0.15) is 0 Å². The number of nitrogens with one attached hydrogen (secondary N) is 1. The molecule has 1 saturated heterocycles. The molecule has 1 aliphatic rings. The predicted octanol–water partition coefficient (Wildman–Crippen LogP) is 0.0375. The van der Waals surface area contributed by atoms with E-state index in [1.165, 1.54) is 6.20 Å². The van der Waals surface area contributed by atoms with E-state index < -0.39 is 0 Å². The average molecular weight is 248 g/mol. The van der Waals surface area contributed by atoms with Crippen molar-refractivity contribution in [2.45, 2.75) is 0 Å². The van der Waals surface area contributed by atoms with E-state index in [1.54, 1.807) is 36.0 Å². The zero-order chi connectivity index (χ0) is 13.1. The second-order valence-electron chi connectivity index (χ2n) is 4.22. The molecule has 2 heterocycles. The van der Waals surface area contributed by atoms with Gasteiger partial charge < -0.3 is 15.1 Å². The summed E-state index contributed by atoms with van der Waals surface area (Å²) in [6.07, 6.45) is 1.52. The Labute approximate surface area is 106 Å². The highest BCUT2D eigenvalue weighted by molar-refractivity contribution is 5.96. The summed E-state index contributed by atoms with van der Waals surface area (Å²) in [5, 5.41) is 2.89. The first-order valence-electron chi connectivity index (χ1n) is 5.79. The molecule has 0 spiro atoms. The standard InChI is InChI=1S/C12H16N4O2/c1-13-10-4-3-9(7-14-10)12(18)16-6-5-15(2)11(17)8-16/h3-4,7H,5-6,8H2,1-2H3,(H,13,14). The van der Waals surface area contributed by atoms with E-state index in [4.69, 9.17) is 0 Å². The molecule has 0 atom stereocenters. The first-order valence-corrected chi connectivity index (χ1v) is 5.79. The van der Waals surface area contributed by atoms with Crippen molar-refractivity contribution >= 4 is 17.6 Å². The van der Waals surface area contributed by atoms with Crippen LogP contribution in [0.2, 0.25) is 0 Å². The molecule has 1 aliphatic heterocycles. The van der Waals surface area contributed by atoms with E-state index in [-0.39, 0.29) is 18.4 Å². The minimum atomic E-state index is -0.147. The van der Waals surface area contributed by atoms with Crippen molar-refractivity contribution in [3.05, 3.63) is 23.9 Å². The predicted molar refractivity (Wildman–Crippen MR) is 67.3 cm³/mol. The third-order valence-corrected chi connectivity index (χ3v) is 3.01. The van der Waals surface area contributed by atoms with Gasteiger partial charge in [-0.05, 0) is 12.1 Å². The summed E-state index contributed by atoms with van der Waals surface area (Å²) in [5.74, 6) is 0.530. The fourth-order valence-corrected chi connectivity index (χ4v) is 1.78. The van der Waals surface area contributed by atoms with Crippen LogP contribution in [0.15, 0.2) is 18.3 Å². The van der Waals surface area contributed by atoms with Crippen LogP contribution in [0.3, 0.4) is 0 Å². The van der Waals surface area contributed by atoms with Crippen LogP contribution in [0.1, 0.15) is 10.4 Å². The second-order valence-corrected chi connectivity index (χ2v) is 4.22. The van der Waals surface area contributed by atoms with Crippen LogP contribution < -0.4 is 5.32 Å². The lowest BCUT2D eigenvalue weighted by Gasteiger charge is -2.31. The molecular weight excluding hydrogens is 232 g/mol. The molecule has 0 aliphatic carbocycles. The summed E-state index contributed by atoms with van der Waals surface area (Å²) in [4.78, 5) is 31.0. The van der Waals surface area contributed by atoms with Crippen molar-refractivity contribution in [1.29, 1.82) is 0 Å². The molecule has 1 aromatic heterocycles. The van der Waals surface area contributed by atoms with Crippen LogP contribution in [-0.2, 0) is 4.79 Å². The van der Waals surface area contributed by atoms with E-state index in [1.807, 2.05) is 0 Å². The minimum absolute atomic E-state index is 0.0330. The smallest absolute Gasteiger partial charge is 0.255 e. The zero-order valence-corrected chi connectivity index (χ0v) is 10.5. The molecule has 6 heteroatoms. The number of carbonyl (C=O) groups excluding carboxylic acids is 2. The Kier molecular flexibility index (Phi) is 3.45. The van der Waals surface area contributed by atoms with Crippen molar-refractivity contribution in [2.24, 2.45) is 0 Å². The Morgan fingerprint density at radius 3 is 2.72 bits per heavy atom. The molecule has 0 saturated carbocycles. The number of piperazine rings is 1. The van der Waals surface area contributed by atoms with Crippen LogP contribution in [0, 0.1) is 0 Å². The van der Waals surface area contributed by atoms with Crippen LogP contribution >= 0.6 is 0 Å². The maximum absolute atomic E-state index is 12.1. The van der Waals surface area contributed by atoms with Crippen molar-refractivity contribution in [3.63, 3.8) is 0 Å². The summed E-state index contributed by atoms with van der Waals surface area (Å²) >= 11 is 0. The van der Waals surface area contributed by atoms with E-state index in [2.05, 4.69) is 10.3 Å². The molecule has 0 unspecified atom stereocenters. The number of amides is 2. The monoisotopic (exact) mass is 248 g/mol. The molecule has 0 radical (unpaired) electrons. The van der Waals surface area contributed by atoms with Gasteiger partial charge in [-0.1, -0.05) is 0 Å². The average Bonchev–Trinajstić information content (AvgIpc) is 2.41. The highest BCUT2D eigenvalue weighted by Gasteiger charge is 2.25. The fraction of sp³-hybridized carbons (Fsp3) is 0.417. The first-order chi connectivity index (χ1) is 8.61. The molecule has 0 bridgehead atoms. The number of hydrogen-bond donors (Lipinski definition) is 1. The molecule has 1 aromatic rings. The SMILES string of the molecule is CNc1ccc(C(=O)N2CCN(C)C(=O)C2)cn1. The molecule has 1 fully saturated rings. The van der Waals surface area contributed by atoms with Crippen molar-refractivity contribution < 1.29 is 9.59 Å². The van der Waals surface area contributed by atoms with Gasteiger partial charge in [0.05, 0.1) is 5.56 Å². The van der Waals surface area contributed by atoms with Gasteiger partial charge in [0.2, 0.25) is 5.91 Å². The Morgan fingerprint density at radius 1 is 1.39 bits per heavy atom. The maximum atomic E-state index is 12.1. The topological polar surface area (TPSA) is 65.5 Å². The summed E-state index contributed by atoms with van der Waals surface area (Å²) in [7, 11) is 3.51.